The van der Waals surface area contributed by atoms with Crippen molar-refractivity contribution in [3.63, 3.8) is 0 Å². The minimum Gasteiger partial charge on any atom is -0.490 e. The molecule has 0 N–H and O–H groups in total. The molecule has 0 saturated carbocycles. The molecule has 1 fully saturated rings. The molecule has 3 aromatic rings. The van der Waals surface area contributed by atoms with E-state index in [4.69, 9.17) is 32.7 Å². The van der Waals surface area contributed by atoms with E-state index in [1.807, 2.05) is 37.3 Å². The number of carbonyl (C=O) groups excluding carboxylic acids is 2. The summed E-state index contributed by atoms with van der Waals surface area (Å²) in [5, 5.41) is 0.738. The van der Waals surface area contributed by atoms with Crippen LogP contribution in [-0.4, -0.2) is 22.7 Å². The second-order valence-corrected chi connectivity index (χ2v) is 11.2. The molecule has 3 aromatic carbocycles. The van der Waals surface area contributed by atoms with Crippen molar-refractivity contribution in [3.8, 4) is 11.5 Å². The van der Waals surface area contributed by atoms with Crippen LogP contribution in [0.3, 0.4) is 0 Å². The lowest BCUT2D eigenvalue weighted by Gasteiger charge is -2.15. The molecule has 0 radical (unpaired) electrons. The highest BCUT2D eigenvalue weighted by atomic mass is 79.9. The van der Waals surface area contributed by atoms with Crippen LogP contribution in [0.1, 0.15) is 23.6 Å². The lowest BCUT2D eigenvalue weighted by Crippen LogP contribution is -2.27. The standard InChI is InChI=1S/C26H19Br2Cl2NO4S/c1-2-34-22-10-15(9-20(28)24(22)35-14-17-7-8-18(29)12-21(17)30)11-23-25(32)31(26(33)36-23)13-16-5-3-4-6-19(16)27/h3-12H,2,13-14H2,1H3/b23-11-. The highest BCUT2D eigenvalue weighted by Crippen LogP contribution is 2.40. The van der Waals surface area contributed by atoms with Gasteiger partial charge in [0.05, 0.1) is 22.5 Å². The highest BCUT2D eigenvalue weighted by Gasteiger charge is 2.35. The highest BCUT2D eigenvalue weighted by molar-refractivity contribution is 9.10. The van der Waals surface area contributed by atoms with Crippen molar-refractivity contribution in [2.45, 2.75) is 20.1 Å². The Kier molecular flexibility index (Phi) is 9.06. The maximum Gasteiger partial charge on any atom is 0.293 e. The van der Waals surface area contributed by atoms with Crippen LogP contribution < -0.4 is 9.47 Å². The molecule has 186 valence electrons. The Morgan fingerprint density at radius 3 is 2.47 bits per heavy atom. The van der Waals surface area contributed by atoms with E-state index in [9.17, 15) is 9.59 Å². The van der Waals surface area contributed by atoms with Crippen molar-refractivity contribution in [1.29, 1.82) is 0 Å². The smallest absolute Gasteiger partial charge is 0.293 e. The average Bonchev–Trinajstić information content (AvgIpc) is 3.08. The molecule has 0 aromatic heterocycles. The van der Waals surface area contributed by atoms with Crippen LogP contribution in [0, 0.1) is 0 Å². The van der Waals surface area contributed by atoms with Gasteiger partial charge in [0.2, 0.25) is 0 Å². The van der Waals surface area contributed by atoms with Gasteiger partial charge in [-0.2, -0.15) is 0 Å². The second-order valence-electron chi connectivity index (χ2n) is 7.65. The fourth-order valence-corrected chi connectivity index (χ4v) is 5.73. The first kappa shape index (κ1) is 27.1. The summed E-state index contributed by atoms with van der Waals surface area (Å²) in [4.78, 5) is 27.2. The van der Waals surface area contributed by atoms with Crippen LogP contribution in [0.15, 0.2) is 68.4 Å². The zero-order valence-electron chi connectivity index (χ0n) is 18.9. The SMILES string of the molecule is CCOc1cc(/C=C2\SC(=O)N(Cc3ccccc3Br)C2=O)cc(Br)c1OCc1ccc(Cl)cc1Cl. The van der Waals surface area contributed by atoms with Crippen molar-refractivity contribution in [1.82, 2.24) is 4.90 Å². The van der Waals surface area contributed by atoms with Gasteiger partial charge in [0, 0.05) is 20.1 Å². The molecule has 10 heteroatoms. The Morgan fingerprint density at radius 1 is 0.972 bits per heavy atom. The van der Waals surface area contributed by atoms with E-state index >= 15 is 0 Å². The van der Waals surface area contributed by atoms with Crippen LogP contribution in [0.2, 0.25) is 10.0 Å². The monoisotopic (exact) mass is 669 g/mol. The van der Waals surface area contributed by atoms with Crippen LogP contribution in [0.5, 0.6) is 11.5 Å². The molecule has 5 nitrogen and oxygen atoms in total. The molecule has 0 unspecified atom stereocenters. The summed E-state index contributed by atoms with van der Waals surface area (Å²) in [5.74, 6) is 0.658. The van der Waals surface area contributed by atoms with Crippen molar-refractivity contribution in [3.05, 3.63) is 95.2 Å². The van der Waals surface area contributed by atoms with Gasteiger partial charge in [-0.25, -0.2) is 0 Å². The van der Waals surface area contributed by atoms with Crippen molar-refractivity contribution < 1.29 is 19.1 Å². The summed E-state index contributed by atoms with van der Waals surface area (Å²) >= 11 is 20.2. The van der Waals surface area contributed by atoms with Gasteiger partial charge in [-0.3, -0.25) is 14.5 Å². The van der Waals surface area contributed by atoms with E-state index in [0.29, 0.717) is 43.1 Å². The quantitative estimate of drug-likeness (QED) is 0.224. The summed E-state index contributed by atoms with van der Waals surface area (Å²) in [6.45, 7) is 2.68. The third-order valence-electron chi connectivity index (χ3n) is 5.18. The first-order chi connectivity index (χ1) is 17.3. The molecular formula is C26H19Br2Cl2NO4S. The first-order valence-electron chi connectivity index (χ1n) is 10.8. The Hall–Kier alpha value is -1.97. The normalized spacial score (nSPS) is 14.6. The van der Waals surface area contributed by atoms with Gasteiger partial charge < -0.3 is 9.47 Å². The predicted molar refractivity (Wildman–Crippen MR) is 152 cm³/mol. The Balaban J connectivity index is 1.57. The van der Waals surface area contributed by atoms with Gasteiger partial charge in [0.1, 0.15) is 6.61 Å². The summed E-state index contributed by atoms with van der Waals surface area (Å²) in [6, 6.07) is 16.3. The molecule has 0 spiro atoms. The molecular weight excluding hydrogens is 653 g/mol. The van der Waals surface area contributed by atoms with Crippen LogP contribution >= 0.6 is 66.8 Å². The van der Waals surface area contributed by atoms with Crippen molar-refractivity contribution >= 4 is 84.0 Å². The van der Waals surface area contributed by atoms with E-state index < -0.39 is 0 Å². The van der Waals surface area contributed by atoms with Crippen molar-refractivity contribution in [2.24, 2.45) is 0 Å². The largest absolute Gasteiger partial charge is 0.490 e. The number of imide groups is 1. The molecule has 1 saturated heterocycles. The minimum atomic E-state index is -0.340. The molecule has 0 aliphatic carbocycles. The van der Waals surface area contributed by atoms with E-state index in [0.717, 1.165) is 27.4 Å². The van der Waals surface area contributed by atoms with Gasteiger partial charge in [0.15, 0.2) is 11.5 Å². The van der Waals surface area contributed by atoms with Crippen LogP contribution in [-0.2, 0) is 17.9 Å². The lowest BCUT2D eigenvalue weighted by atomic mass is 10.1. The van der Waals surface area contributed by atoms with E-state index in [1.54, 1.807) is 30.3 Å². The maximum atomic E-state index is 13.0. The van der Waals surface area contributed by atoms with Crippen LogP contribution in [0.25, 0.3) is 6.08 Å². The van der Waals surface area contributed by atoms with Gasteiger partial charge in [-0.15, -0.1) is 0 Å². The second kappa shape index (κ2) is 12.0. The molecule has 0 bridgehead atoms. The molecule has 2 amide bonds. The molecule has 0 atom stereocenters. The third-order valence-corrected chi connectivity index (χ3v) is 8.03. The fourth-order valence-electron chi connectivity index (χ4n) is 3.45. The Labute approximate surface area is 240 Å². The van der Waals surface area contributed by atoms with Crippen LogP contribution in [0.4, 0.5) is 4.79 Å². The Morgan fingerprint density at radius 2 is 1.75 bits per heavy atom. The zero-order valence-corrected chi connectivity index (χ0v) is 24.4. The number of amides is 2. The minimum absolute atomic E-state index is 0.192. The number of hydrogen-bond donors (Lipinski definition) is 0. The van der Waals surface area contributed by atoms with E-state index in [2.05, 4.69) is 31.9 Å². The average molecular weight is 672 g/mol. The maximum absolute atomic E-state index is 13.0. The number of ether oxygens (including phenoxy) is 2. The van der Waals surface area contributed by atoms with E-state index in [-0.39, 0.29) is 24.3 Å². The van der Waals surface area contributed by atoms with Crippen molar-refractivity contribution in [2.75, 3.05) is 6.61 Å². The number of halogens is 4. The number of nitrogens with zero attached hydrogens (tertiary/aromatic N) is 1. The van der Waals surface area contributed by atoms with Gasteiger partial charge in [-0.1, -0.05) is 63.4 Å². The van der Waals surface area contributed by atoms with Gasteiger partial charge >= 0.3 is 0 Å². The summed E-state index contributed by atoms with van der Waals surface area (Å²) in [6.07, 6.45) is 1.68. The van der Waals surface area contributed by atoms with E-state index in [1.165, 1.54) is 4.90 Å². The lowest BCUT2D eigenvalue weighted by molar-refractivity contribution is -0.123. The molecule has 36 heavy (non-hydrogen) atoms. The molecule has 1 heterocycles. The summed E-state index contributed by atoms with van der Waals surface area (Å²) < 4.78 is 13.3. The summed E-state index contributed by atoms with van der Waals surface area (Å²) in [5.41, 5.74) is 2.32. The third kappa shape index (κ3) is 6.29. The number of rotatable bonds is 8. The zero-order chi connectivity index (χ0) is 25.8. The molecule has 4 rings (SSSR count). The number of thioether (sulfide) groups is 1. The first-order valence-corrected chi connectivity index (χ1v) is 13.9. The number of benzene rings is 3. The Bertz CT molecular complexity index is 1370. The molecule has 1 aliphatic heterocycles. The predicted octanol–water partition coefficient (Wildman–Crippen LogP) is 8.73. The topological polar surface area (TPSA) is 55.8 Å². The summed E-state index contributed by atoms with van der Waals surface area (Å²) in [7, 11) is 0. The number of carbonyl (C=O) groups is 2. The number of hydrogen-bond acceptors (Lipinski definition) is 5. The fraction of sp³-hybridized carbons (Fsp3) is 0.154. The van der Waals surface area contributed by atoms with Gasteiger partial charge in [-0.05, 0) is 82.2 Å². The molecule has 1 aliphatic rings. The van der Waals surface area contributed by atoms with Gasteiger partial charge in [0.25, 0.3) is 11.1 Å².